The van der Waals surface area contributed by atoms with Crippen molar-refractivity contribution in [1.29, 1.82) is 0 Å². The molecule has 0 aromatic heterocycles. The number of benzene rings is 2. The van der Waals surface area contributed by atoms with Gasteiger partial charge in [0.2, 0.25) is 47.3 Å². The van der Waals surface area contributed by atoms with Gasteiger partial charge in [-0.05, 0) is 23.3 Å². The maximum Gasteiger partial charge on any atom is 0.524 e. The second-order valence-corrected chi connectivity index (χ2v) is 13.4. The van der Waals surface area contributed by atoms with Crippen LogP contribution in [-0.4, -0.2) is 117 Å². The van der Waals surface area contributed by atoms with E-state index in [0.29, 0.717) is 11.1 Å². The second-order valence-electron chi connectivity index (χ2n) is 12.2. The van der Waals surface area contributed by atoms with E-state index in [1.165, 1.54) is 24.3 Å². The van der Waals surface area contributed by atoms with Gasteiger partial charge in [0.1, 0.15) is 36.0 Å². The molecule has 0 saturated heterocycles. The third-order valence-corrected chi connectivity index (χ3v) is 7.98. The minimum Gasteiger partial charge on any atom is -0.481 e. The quantitative estimate of drug-likeness (QED) is 0.0469. The van der Waals surface area contributed by atoms with Crippen LogP contribution in [0.25, 0.3) is 0 Å². The summed E-state index contributed by atoms with van der Waals surface area (Å²) in [6, 6.07) is 5.48. The minimum absolute atomic E-state index is 0.0288. The van der Waals surface area contributed by atoms with Crippen LogP contribution in [-0.2, 0) is 60.6 Å². The molecule has 0 aliphatic rings. The number of carboxylic acids is 1. The van der Waals surface area contributed by atoms with E-state index in [1.54, 1.807) is 30.3 Å². The van der Waals surface area contributed by atoms with E-state index in [9.17, 15) is 57.9 Å². The first-order valence-electron chi connectivity index (χ1n) is 16.7. The van der Waals surface area contributed by atoms with Gasteiger partial charge >= 0.3 is 13.8 Å². The first-order chi connectivity index (χ1) is 26.7. The van der Waals surface area contributed by atoms with Gasteiger partial charge in [-0.2, -0.15) is 0 Å². The van der Waals surface area contributed by atoms with Crippen LogP contribution in [0.5, 0.6) is 5.75 Å². The van der Waals surface area contributed by atoms with Crippen molar-refractivity contribution < 1.29 is 72.2 Å². The van der Waals surface area contributed by atoms with E-state index in [0.717, 1.165) is 6.92 Å². The van der Waals surface area contributed by atoms with E-state index in [-0.39, 0.29) is 18.6 Å². The molecular weight excluding hydrogens is 779 g/mol. The smallest absolute Gasteiger partial charge is 0.481 e. The SMILES string of the molecule is CC(=O)N[C@@H](Cc1ccc(OP(=O)(O)O)cc1)C(=O)N[C@@H](CO)C(=O)N[C@@H](CC(=O)O)C(=O)NCC(=O)N[C@@H](CC(N)=O)C(=O)N[C@@H](Cc1ccccc1)C(N)=O. The Kier molecular flexibility index (Phi) is 18.2. The molecule has 0 aliphatic heterocycles. The number of aliphatic hydroxyl groups excluding tert-OH is 1. The molecule has 0 bridgehead atoms. The molecule has 57 heavy (non-hydrogen) atoms. The summed E-state index contributed by atoms with van der Waals surface area (Å²) in [5.41, 5.74) is 11.6. The minimum atomic E-state index is -4.85. The Morgan fingerprint density at radius 2 is 1.18 bits per heavy atom. The lowest BCUT2D eigenvalue weighted by atomic mass is 10.0. The molecule has 0 spiro atoms. The number of aliphatic carboxylic acids is 1. The zero-order valence-electron chi connectivity index (χ0n) is 30.2. The van der Waals surface area contributed by atoms with Gasteiger partial charge in [0, 0.05) is 19.8 Å². The summed E-state index contributed by atoms with van der Waals surface area (Å²) in [6.45, 7) is -0.919. The lowest BCUT2D eigenvalue weighted by Gasteiger charge is -2.24. The summed E-state index contributed by atoms with van der Waals surface area (Å²) in [6.07, 6.45) is -2.05. The molecule has 24 heteroatoms. The average molecular weight is 823 g/mol. The van der Waals surface area contributed by atoms with Crippen LogP contribution in [0.2, 0.25) is 0 Å². The van der Waals surface area contributed by atoms with Crippen molar-refractivity contribution in [2.75, 3.05) is 13.2 Å². The van der Waals surface area contributed by atoms with E-state index in [4.69, 9.17) is 21.3 Å². The predicted octanol–water partition coefficient (Wildman–Crippen LogP) is -4.67. The molecule has 0 unspecified atom stereocenters. The first-order valence-corrected chi connectivity index (χ1v) is 18.2. The number of rotatable bonds is 23. The number of phosphoric ester groups is 1. The molecule has 310 valence electrons. The molecule has 2 rings (SSSR count). The van der Waals surface area contributed by atoms with Crippen LogP contribution >= 0.6 is 7.82 Å². The highest BCUT2D eigenvalue weighted by molar-refractivity contribution is 7.46. The Labute approximate surface area is 323 Å². The number of aliphatic hydroxyl groups is 1. The second kappa shape index (κ2) is 22.2. The number of hydrogen-bond donors (Lipinski definition) is 12. The van der Waals surface area contributed by atoms with Gasteiger partial charge in [-0.1, -0.05) is 42.5 Å². The highest BCUT2D eigenvalue weighted by atomic mass is 31.2. The third kappa shape index (κ3) is 17.7. The van der Waals surface area contributed by atoms with Crippen LogP contribution in [0.1, 0.15) is 30.9 Å². The normalized spacial score (nSPS) is 13.5. The number of amides is 8. The van der Waals surface area contributed by atoms with Gasteiger partial charge in [-0.25, -0.2) is 4.57 Å². The topological polar surface area (TPSA) is 385 Å². The monoisotopic (exact) mass is 822 g/mol. The lowest BCUT2D eigenvalue weighted by molar-refractivity contribution is -0.141. The Balaban J connectivity index is 2.09. The maximum atomic E-state index is 13.1. The van der Waals surface area contributed by atoms with E-state index < -0.39 is 117 Å². The highest BCUT2D eigenvalue weighted by Gasteiger charge is 2.32. The molecule has 0 radical (unpaired) electrons. The van der Waals surface area contributed by atoms with Crippen molar-refractivity contribution in [2.24, 2.45) is 11.5 Å². The fourth-order valence-electron chi connectivity index (χ4n) is 4.93. The fraction of sp³-hybridized carbons (Fsp3) is 0.364. The van der Waals surface area contributed by atoms with Gasteiger partial charge in [-0.3, -0.25) is 52.9 Å². The number of hydrogen-bond acceptors (Lipinski definition) is 12. The number of phosphoric acid groups is 1. The molecule has 0 fully saturated rings. The van der Waals surface area contributed by atoms with Crippen molar-refractivity contribution in [2.45, 2.75) is 62.8 Å². The third-order valence-electron chi connectivity index (χ3n) is 7.53. The molecule has 2 aromatic carbocycles. The number of carboxylic acid groups (broad SMARTS) is 1. The Hall–Kier alpha value is -6.42. The van der Waals surface area contributed by atoms with E-state index >= 15 is 0 Å². The molecule has 0 saturated carbocycles. The molecule has 14 N–H and O–H groups in total. The Bertz CT molecular complexity index is 1840. The summed E-state index contributed by atoms with van der Waals surface area (Å²) >= 11 is 0. The number of carbonyl (C=O) groups is 9. The molecular formula is C33H43N8O15P. The van der Waals surface area contributed by atoms with E-state index in [2.05, 4.69) is 31.1 Å². The van der Waals surface area contributed by atoms with Gasteiger partial charge in [0.25, 0.3) is 0 Å². The van der Waals surface area contributed by atoms with Crippen molar-refractivity contribution in [3.63, 3.8) is 0 Å². The van der Waals surface area contributed by atoms with Crippen LogP contribution in [0.4, 0.5) is 0 Å². The van der Waals surface area contributed by atoms with Gasteiger partial charge in [-0.15, -0.1) is 0 Å². The Morgan fingerprint density at radius 1 is 0.667 bits per heavy atom. The number of primary amides is 2. The Morgan fingerprint density at radius 3 is 1.70 bits per heavy atom. The van der Waals surface area contributed by atoms with Gasteiger partial charge in [0.15, 0.2) is 0 Å². The highest BCUT2D eigenvalue weighted by Crippen LogP contribution is 2.37. The molecule has 2 aromatic rings. The van der Waals surface area contributed by atoms with Crippen LogP contribution in [0, 0.1) is 0 Å². The molecule has 0 aliphatic carbocycles. The van der Waals surface area contributed by atoms with Crippen molar-refractivity contribution in [3.8, 4) is 5.75 Å². The summed E-state index contributed by atoms with van der Waals surface area (Å²) in [4.78, 5) is 130. The number of carbonyl (C=O) groups excluding carboxylic acids is 8. The first kappa shape index (κ1) is 46.7. The zero-order chi connectivity index (χ0) is 42.9. The average Bonchev–Trinajstić information content (AvgIpc) is 3.11. The maximum absolute atomic E-state index is 13.1. The van der Waals surface area contributed by atoms with E-state index in [1.807, 2.05) is 5.32 Å². The number of nitrogens with two attached hydrogens (primary N) is 2. The fourth-order valence-corrected chi connectivity index (χ4v) is 5.32. The van der Waals surface area contributed by atoms with Crippen molar-refractivity contribution in [1.82, 2.24) is 31.9 Å². The van der Waals surface area contributed by atoms with Crippen molar-refractivity contribution in [3.05, 3.63) is 65.7 Å². The van der Waals surface area contributed by atoms with Crippen LogP contribution in [0.3, 0.4) is 0 Å². The summed E-state index contributed by atoms with van der Waals surface area (Å²) in [7, 11) is -4.85. The molecule has 23 nitrogen and oxygen atoms in total. The molecule has 5 atom stereocenters. The molecule has 0 heterocycles. The molecule has 8 amide bonds. The van der Waals surface area contributed by atoms with Crippen molar-refractivity contribution >= 4 is 61.0 Å². The lowest BCUT2D eigenvalue weighted by Crippen LogP contribution is -2.59. The zero-order valence-corrected chi connectivity index (χ0v) is 31.1. The largest absolute Gasteiger partial charge is 0.524 e. The van der Waals surface area contributed by atoms with Crippen LogP contribution < -0.4 is 47.9 Å². The van der Waals surface area contributed by atoms with Gasteiger partial charge < -0.3 is 58.1 Å². The number of nitrogens with one attached hydrogen (secondary N) is 6. The van der Waals surface area contributed by atoms with Gasteiger partial charge in [0.05, 0.1) is 26.0 Å². The standard InChI is InChI=1S/C33H43N8O15P/c1-17(43)37-22(12-19-7-9-20(10-8-19)56-57(53,54)55)31(50)41-25(16-42)33(52)40-24(14-28(46)47)30(49)36-15-27(45)38-23(13-26(34)44)32(51)39-21(29(35)48)11-18-5-3-2-4-6-18/h2-10,21-25,42H,11-16H2,1H3,(H2,34,44)(H2,35,48)(H,36,49)(H,37,43)(H,38,45)(H,39,51)(H,40,52)(H,41,50)(H,46,47)(H2,53,54,55)/t21-,22-,23-,24-,25-/m0/s1. The summed E-state index contributed by atoms with van der Waals surface area (Å²) < 4.78 is 15.5. The summed E-state index contributed by atoms with van der Waals surface area (Å²) in [5.74, 6) is -10.0. The van der Waals surface area contributed by atoms with Crippen LogP contribution in [0.15, 0.2) is 54.6 Å². The predicted molar refractivity (Wildman–Crippen MR) is 194 cm³/mol. The summed E-state index contributed by atoms with van der Waals surface area (Å²) in [5, 5.41) is 32.4.